The zero-order valence-electron chi connectivity index (χ0n) is 12.8. The first-order valence-corrected chi connectivity index (χ1v) is 7.22. The fourth-order valence-electron chi connectivity index (χ4n) is 2.42. The number of hydrogen-bond donors (Lipinski definition) is 1. The van der Waals surface area contributed by atoms with E-state index in [9.17, 15) is 0 Å². The van der Waals surface area contributed by atoms with E-state index in [1.807, 2.05) is 0 Å². The summed E-state index contributed by atoms with van der Waals surface area (Å²) in [5.74, 6) is 1.76. The predicted molar refractivity (Wildman–Crippen MR) is 81.0 cm³/mol. The van der Waals surface area contributed by atoms with Crippen LogP contribution in [-0.4, -0.2) is 0 Å². The molecular weight excluding hydrogens is 218 g/mol. The monoisotopic (exact) mass is 247 g/mol. The lowest BCUT2D eigenvalue weighted by Crippen LogP contribution is -2.16. The second kappa shape index (κ2) is 6.38. The van der Waals surface area contributed by atoms with E-state index in [4.69, 9.17) is 5.73 Å². The molecular formula is C17H29N. The zero-order chi connectivity index (χ0) is 13.9. The number of nitrogens with two attached hydrogens (primary N) is 1. The van der Waals surface area contributed by atoms with Crippen molar-refractivity contribution in [1.82, 2.24) is 0 Å². The van der Waals surface area contributed by atoms with Gasteiger partial charge in [0.25, 0.3) is 0 Å². The molecule has 1 nitrogen and oxygen atoms in total. The topological polar surface area (TPSA) is 26.0 Å². The molecule has 1 aromatic rings. The van der Waals surface area contributed by atoms with Gasteiger partial charge in [-0.2, -0.15) is 0 Å². The molecule has 0 aliphatic heterocycles. The van der Waals surface area contributed by atoms with Crippen molar-refractivity contribution in [3.8, 4) is 0 Å². The molecule has 18 heavy (non-hydrogen) atoms. The molecule has 1 atom stereocenters. The van der Waals surface area contributed by atoms with E-state index in [0.29, 0.717) is 17.8 Å². The van der Waals surface area contributed by atoms with Crippen LogP contribution in [0, 0.1) is 5.92 Å². The molecule has 0 aliphatic carbocycles. The molecule has 0 spiro atoms. The van der Waals surface area contributed by atoms with Gasteiger partial charge in [0.15, 0.2) is 0 Å². The highest BCUT2D eigenvalue weighted by Gasteiger charge is 2.15. The molecule has 0 fully saturated rings. The molecule has 0 bridgehead atoms. The van der Waals surface area contributed by atoms with Crippen molar-refractivity contribution in [3.05, 3.63) is 34.9 Å². The smallest absolute Gasteiger partial charge is 0.0300 e. The Balaban J connectivity index is 3.11. The van der Waals surface area contributed by atoms with Gasteiger partial charge in [-0.05, 0) is 40.9 Å². The van der Waals surface area contributed by atoms with E-state index in [0.717, 1.165) is 6.42 Å². The Bertz CT molecular complexity index is 377. The molecule has 1 heteroatoms. The normalized spacial score (nSPS) is 13.7. The predicted octanol–water partition coefficient (Wildman–Crippen LogP) is 4.98. The number of hydrogen-bond acceptors (Lipinski definition) is 1. The SMILES string of the molecule is CC(C)CC(N)c1ccc(C(C)C)cc1C(C)C. The van der Waals surface area contributed by atoms with Crippen LogP contribution in [0.3, 0.4) is 0 Å². The fourth-order valence-corrected chi connectivity index (χ4v) is 2.42. The summed E-state index contributed by atoms with van der Waals surface area (Å²) in [6, 6.07) is 7.01. The molecule has 0 saturated heterocycles. The van der Waals surface area contributed by atoms with E-state index in [1.165, 1.54) is 16.7 Å². The summed E-state index contributed by atoms with van der Waals surface area (Å²) in [4.78, 5) is 0. The number of benzene rings is 1. The minimum Gasteiger partial charge on any atom is -0.324 e. The second-order valence-corrected chi connectivity index (χ2v) is 6.43. The van der Waals surface area contributed by atoms with Crippen molar-refractivity contribution >= 4 is 0 Å². The lowest BCUT2D eigenvalue weighted by atomic mass is 9.86. The highest BCUT2D eigenvalue weighted by atomic mass is 14.6. The van der Waals surface area contributed by atoms with Gasteiger partial charge in [0.05, 0.1) is 0 Å². The summed E-state index contributed by atoms with van der Waals surface area (Å²) in [7, 11) is 0. The number of rotatable bonds is 5. The Labute approximate surface area is 113 Å². The molecule has 0 saturated carbocycles. The third-order valence-electron chi connectivity index (χ3n) is 3.52. The highest BCUT2D eigenvalue weighted by molar-refractivity contribution is 5.37. The van der Waals surface area contributed by atoms with Gasteiger partial charge < -0.3 is 5.73 Å². The van der Waals surface area contributed by atoms with Crippen molar-refractivity contribution in [2.75, 3.05) is 0 Å². The summed E-state index contributed by atoms with van der Waals surface area (Å²) in [5, 5.41) is 0. The zero-order valence-corrected chi connectivity index (χ0v) is 12.8. The summed E-state index contributed by atoms with van der Waals surface area (Å²) < 4.78 is 0. The maximum Gasteiger partial charge on any atom is 0.0300 e. The lowest BCUT2D eigenvalue weighted by molar-refractivity contribution is 0.506. The van der Waals surface area contributed by atoms with E-state index in [2.05, 4.69) is 59.7 Å². The molecule has 102 valence electrons. The first-order chi connectivity index (χ1) is 8.32. The molecule has 0 heterocycles. The quantitative estimate of drug-likeness (QED) is 0.780. The Morgan fingerprint density at radius 3 is 1.94 bits per heavy atom. The summed E-state index contributed by atoms with van der Waals surface area (Å²) in [6.07, 6.45) is 1.06. The van der Waals surface area contributed by atoms with Gasteiger partial charge in [0.2, 0.25) is 0 Å². The molecule has 1 aromatic carbocycles. The van der Waals surface area contributed by atoms with Gasteiger partial charge in [-0.15, -0.1) is 0 Å². The largest absolute Gasteiger partial charge is 0.324 e. The van der Waals surface area contributed by atoms with Gasteiger partial charge in [0.1, 0.15) is 0 Å². The van der Waals surface area contributed by atoms with Crippen LogP contribution in [0.25, 0.3) is 0 Å². The molecule has 1 rings (SSSR count). The lowest BCUT2D eigenvalue weighted by Gasteiger charge is -2.22. The third-order valence-corrected chi connectivity index (χ3v) is 3.52. The Kier molecular flexibility index (Phi) is 5.40. The van der Waals surface area contributed by atoms with Gasteiger partial charge >= 0.3 is 0 Å². The maximum absolute atomic E-state index is 6.36. The van der Waals surface area contributed by atoms with Crippen LogP contribution < -0.4 is 5.73 Å². The van der Waals surface area contributed by atoms with Crippen LogP contribution >= 0.6 is 0 Å². The van der Waals surface area contributed by atoms with Crippen molar-refractivity contribution in [3.63, 3.8) is 0 Å². The average Bonchev–Trinajstić information content (AvgIpc) is 2.26. The van der Waals surface area contributed by atoms with Crippen LogP contribution in [0.5, 0.6) is 0 Å². The summed E-state index contributed by atoms with van der Waals surface area (Å²) >= 11 is 0. The van der Waals surface area contributed by atoms with Crippen LogP contribution in [0.2, 0.25) is 0 Å². The fraction of sp³-hybridized carbons (Fsp3) is 0.647. The van der Waals surface area contributed by atoms with Crippen LogP contribution in [0.15, 0.2) is 18.2 Å². The van der Waals surface area contributed by atoms with Gasteiger partial charge in [-0.25, -0.2) is 0 Å². The van der Waals surface area contributed by atoms with Crippen LogP contribution in [0.1, 0.15) is 82.5 Å². The van der Waals surface area contributed by atoms with Gasteiger partial charge in [-0.1, -0.05) is 59.7 Å². The second-order valence-electron chi connectivity index (χ2n) is 6.43. The van der Waals surface area contributed by atoms with E-state index < -0.39 is 0 Å². The van der Waals surface area contributed by atoms with Crippen LogP contribution in [-0.2, 0) is 0 Å². The average molecular weight is 247 g/mol. The summed E-state index contributed by atoms with van der Waals surface area (Å²) in [6.45, 7) is 13.5. The van der Waals surface area contributed by atoms with Gasteiger partial charge in [0, 0.05) is 6.04 Å². The first-order valence-electron chi connectivity index (χ1n) is 7.22. The third kappa shape index (κ3) is 3.84. The molecule has 2 N–H and O–H groups in total. The maximum atomic E-state index is 6.36. The van der Waals surface area contributed by atoms with E-state index in [1.54, 1.807) is 0 Å². The van der Waals surface area contributed by atoms with Crippen molar-refractivity contribution in [2.24, 2.45) is 11.7 Å². The van der Waals surface area contributed by atoms with Crippen molar-refractivity contribution < 1.29 is 0 Å². The Morgan fingerprint density at radius 2 is 1.50 bits per heavy atom. The van der Waals surface area contributed by atoms with E-state index >= 15 is 0 Å². The highest BCUT2D eigenvalue weighted by Crippen LogP contribution is 2.30. The standard InChI is InChI=1S/C17H29N/c1-11(2)9-17(18)15-8-7-14(12(3)4)10-16(15)13(5)6/h7-8,10-13,17H,9,18H2,1-6H3. The van der Waals surface area contributed by atoms with E-state index in [-0.39, 0.29) is 6.04 Å². The van der Waals surface area contributed by atoms with Crippen molar-refractivity contribution in [1.29, 1.82) is 0 Å². The molecule has 0 aliphatic rings. The van der Waals surface area contributed by atoms with Crippen molar-refractivity contribution in [2.45, 2.75) is 65.8 Å². The van der Waals surface area contributed by atoms with Crippen LogP contribution in [0.4, 0.5) is 0 Å². The van der Waals surface area contributed by atoms with Gasteiger partial charge in [-0.3, -0.25) is 0 Å². The minimum absolute atomic E-state index is 0.170. The molecule has 0 amide bonds. The Morgan fingerprint density at radius 1 is 0.889 bits per heavy atom. The molecule has 1 unspecified atom stereocenters. The molecule has 0 radical (unpaired) electrons. The minimum atomic E-state index is 0.170. The Hall–Kier alpha value is -0.820. The molecule has 0 aromatic heterocycles. The summed E-state index contributed by atoms with van der Waals surface area (Å²) in [5.41, 5.74) is 10.5. The first kappa shape index (κ1) is 15.2.